The maximum absolute atomic E-state index is 12.6. The topological polar surface area (TPSA) is 87.7 Å². The molecule has 2 N–H and O–H groups in total. The van der Waals surface area contributed by atoms with Crippen molar-refractivity contribution in [1.29, 1.82) is 0 Å². The summed E-state index contributed by atoms with van der Waals surface area (Å²) in [6.07, 6.45) is 0. The molecule has 4 rings (SSSR count). The first-order valence-electron chi connectivity index (χ1n) is 9.75. The molecule has 0 aliphatic carbocycles. The number of H-pyrrole nitrogens is 1. The Morgan fingerprint density at radius 1 is 1.19 bits per heavy atom. The molecule has 31 heavy (non-hydrogen) atoms. The van der Waals surface area contributed by atoms with Crippen LogP contribution < -0.4 is 10.9 Å². The zero-order valence-electron chi connectivity index (χ0n) is 17.6. The number of hydrogen-bond acceptors (Lipinski definition) is 7. The number of aromatic amines is 1. The first-order valence-corrected chi connectivity index (χ1v) is 12.5. The number of anilines is 1. The molecular formula is C22H22N4O2S3. The van der Waals surface area contributed by atoms with E-state index >= 15 is 0 Å². The van der Waals surface area contributed by atoms with Crippen LogP contribution in [0.25, 0.3) is 21.5 Å². The lowest BCUT2D eigenvalue weighted by Gasteiger charge is -2.10. The number of nitrogens with one attached hydrogen (secondary N) is 2. The van der Waals surface area contributed by atoms with Gasteiger partial charge in [-0.05, 0) is 33.3 Å². The molecule has 1 aromatic carbocycles. The molecule has 1 atom stereocenters. The number of aromatic nitrogens is 3. The van der Waals surface area contributed by atoms with Crippen LogP contribution in [-0.2, 0) is 10.5 Å². The SMILES string of the molecule is Cc1ccc(-c2csc(NC(=O)[C@H](C)SCc3nc4sc(C)c(C)c4c(=O)[nH]3)n2)cc1. The van der Waals surface area contributed by atoms with Crippen LogP contribution in [0, 0.1) is 20.8 Å². The van der Waals surface area contributed by atoms with E-state index in [4.69, 9.17) is 0 Å². The largest absolute Gasteiger partial charge is 0.309 e. The van der Waals surface area contributed by atoms with Gasteiger partial charge >= 0.3 is 0 Å². The van der Waals surface area contributed by atoms with Crippen LogP contribution in [0.5, 0.6) is 0 Å². The number of carbonyl (C=O) groups is 1. The van der Waals surface area contributed by atoms with Gasteiger partial charge in [0.2, 0.25) is 5.91 Å². The number of rotatable bonds is 6. The number of aryl methyl sites for hydroxylation is 3. The van der Waals surface area contributed by atoms with Crippen molar-refractivity contribution < 1.29 is 4.79 Å². The molecule has 160 valence electrons. The van der Waals surface area contributed by atoms with Gasteiger partial charge in [-0.15, -0.1) is 34.4 Å². The van der Waals surface area contributed by atoms with Crippen LogP contribution in [0.1, 0.15) is 28.8 Å². The minimum atomic E-state index is -0.320. The lowest BCUT2D eigenvalue weighted by Crippen LogP contribution is -2.23. The highest BCUT2D eigenvalue weighted by atomic mass is 32.2. The van der Waals surface area contributed by atoms with E-state index in [1.807, 2.05) is 57.3 Å². The number of hydrogen-bond donors (Lipinski definition) is 2. The third-order valence-corrected chi connectivity index (χ3v) is 8.02. The molecule has 0 spiro atoms. The summed E-state index contributed by atoms with van der Waals surface area (Å²) in [5.74, 6) is 0.905. The molecule has 0 aliphatic heterocycles. The van der Waals surface area contributed by atoms with Gasteiger partial charge in [0.1, 0.15) is 10.7 Å². The molecule has 9 heteroatoms. The summed E-state index contributed by atoms with van der Waals surface area (Å²) < 4.78 is 0. The quantitative estimate of drug-likeness (QED) is 0.400. The van der Waals surface area contributed by atoms with E-state index in [0.717, 1.165) is 26.5 Å². The van der Waals surface area contributed by atoms with Crippen molar-refractivity contribution in [1.82, 2.24) is 15.0 Å². The van der Waals surface area contributed by atoms with Crippen LogP contribution in [0.2, 0.25) is 0 Å². The van der Waals surface area contributed by atoms with Crippen LogP contribution in [-0.4, -0.2) is 26.1 Å². The molecule has 6 nitrogen and oxygen atoms in total. The maximum atomic E-state index is 12.6. The third-order valence-electron chi connectivity index (χ3n) is 5.01. The lowest BCUT2D eigenvalue weighted by atomic mass is 10.1. The molecule has 0 saturated heterocycles. The summed E-state index contributed by atoms with van der Waals surface area (Å²) in [4.78, 5) is 38.8. The number of thiazole rings is 1. The summed E-state index contributed by atoms with van der Waals surface area (Å²) in [5.41, 5.74) is 3.92. The van der Waals surface area contributed by atoms with E-state index in [-0.39, 0.29) is 16.7 Å². The van der Waals surface area contributed by atoms with Crippen molar-refractivity contribution in [2.75, 3.05) is 5.32 Å². The molecule has 0 fully saturated rings. The minimum Gasteiger partial charge on any atom is -0.309 e. The predicted molar refractivity (Wildman–Crippen MR) is 131 cm³/mol. The number of thioether (sulfide) groups is 1. The van der Waals surface area contributed by atoms with E-state index in [0.29, 0.717) is 22.1 Å². The standard InChI is InChI=1S/C22H22N4O2S3/c1-11-5-7-15(8-6-11)16-9-30-22(23-16)26-19(27)14(4)29-10-17-24-20(28)18-12(2)13(3)31-21(18)25-17/h5-9,14H,10H2,1-4H3,(H,23,26,27)(H,24,25,28)/t14-/m0/s1. The summed E-state index contributed by atoms with van der Waals surface area (Å²) in [7, 11) is 0. The van der Waals surface area contributed by atoms with Gasteiger partial charge in [0, 0.05) is 15.8 Å². The van der Waals surface area contributed by atoms with Gasteiger partial charge < -0.3 is 10.3 Å². The lowest BCUT2D eigenvalue weighted by molar-refractivity contribution is -0.115. The predicted octanol–water partition coefficient (Wildman–Crippen LogP) is 5.29. The normalized spacial score (nSPS) is 12.3. The van der Waals surface area contributed by atoms with Gasteiger partial charge in [0.25, 0.3) is 5.56 Å². The summed E-state index contributed by atoms with van der Waals surface area (Å²) in [5, 5.41) is 5.74. The smallest absolute Gasteiger partial charge is 0.259 e. The maximum Gasteiger partial charge on any atom is 0.259 e. The number of nitrogens with zero attached hydrogens (tertiary/aromatic N) is 2. The fourth-order valence-corrected chi connectivity index (χ4v) is 5.57. The van der Waals surface area contributed by atoms with Gasteiger partial charge in [0.15, 0.2) is 5.13 Å². The van der Waals surface area contributed by atoms with E-state index in [1.54, 1.807) is 0 Å². The van der Waals surface area contributed by atoms with Gasteiger partial charge in [-0.3, -0.25) is 9.59 Å². The fraction of sp³-hybridized carbons (Fsp3) is 0.273. The van der Waals surface area contributed by atoms with Crippen molar-refractivity contribution in [3.05, 3.63) is 61.8 Å². The summed E-state index contributed by atoms with van der Waals surface area (Å²) in [6.45, 7) is 7.81. The number of benzene rings is 1. The Morgan fingerprint density at radius 3 is 2.68 bits per heavy atom. The minimum absolute atomic E-state index is 0.119. The molecule has 3 heterocycles. The highest BCUT2D eigenvalue weighted by Crippen LogP contribution is 2.28. The molecule has 4 aromatic rings. The molecule has 0 aliphatic rings. The zero-order chi connectivity index (χ0) is 22.1. The van der Waals surface area contributed by atoms with Crippen LogP contribution in [0.3, 0.4) is 0 Å². The Kier molecular flexibility index (Phi) is 6.27. The Balaban J connectivity index is 1.39. The van der Waals surface area contributed by atoms with Crippen molar-refractivity contribution in [3.8, 4) is 11.3 Å². The highest BCUT2D eigenvalue weighted by molar-refractivity contribution is 7.99. The second-order valence-corrected chi connectivity index (χ2v) is 10.7. The van der Waals surface area contributed by atoms with Gasteiger partial charge in [-0.25, -0.2) is 9.97 Å². The number of carbonyl (C=O) groups excluding carboxylic acids is 1. The van der Waals surface area contributed by atoms with E-state index in [9.17, 15) is 9.59 Å². The third kappa shape index (κ3) is 4.73. The molecule has 3 aromatic heterocycles. The molecular weight excluding hydrogens is 448 g/mol. The molecule has 0 radical (unpaired) electrons. The molecule has 0 bridgehead atoms. The van der Waals surface area contributed by atoms with E-state index < -0.39 is 0 Å². The Hall–Kier alpha value is -2.49. The van der Waals surface area contributed by atoms with Crippen LogP contribution >= 0.6 is 34.4 Å². The Bertz CT molecular complexity index is 1300. The molecule has 1 amide bonds. The molecule has 0 saturated carbocycles. The second-order valence-electron chi connectivity index (χ2n) is 7.32. The number of amides is 1. The van der Waals surface area contributed by atoms with Gasteiger partial charge in [-0.1, -0.05) is 29.8 Å². The number of fused-ring (bicyclic) bond motifs is 1. The van der Waals surface area contributed by atoms with Crippen molar-refractivity contribution in [3.63, 3.8) is 0 Å². The van der Waals surface area contributed by atoms with Crippen molar-refractivity contribution in [2.45, 2.75) is 38.7 Å². The van der Waals surface area contributed by atoms with Gasteiger partial charge in [-0.2, -0.15) is 0 Å². The average molecular weight is 471 g/mol. The first kappa shape index (κ1) is 21.7. The fourth-order valence-electron chi connectivity index (χ4n) is 3.04. The van der Waals surface area contributed by atoms with Crippen molar-refractivity contribution >= 4 is 55.7 Å². The Morgan fingerprint density at radius 2 is 1.94 bits per heavy atom. The zero-order valence-corrected chi connectivity index (χ0v) is 20.1. The highest BCUT2D eigenvalue weighted by Gasteiger charge is 2.17. The first-order chi connectivity index (χ1) is 14.8. The van der Waals surface area contributed by atoms with Crippen LogP contribution in [0.4, 0.5) is 5.13 Å². The van der Waals surface area contributed by atoms with E-state index in [2.05, 4.69) is 20.3 Å². The molecule has 0 unspecified atom stereocenters. The van der Waals surface area contributed by atoms with E-state index in [1.165, 1.54) is 40.0 Å². The monoisotopic (exact) mass is 470 g/mol. The van der Waals surface area contributed by atoms with Gasteiger partial charge in [0.05, 0.1) is 22.1 Å². The van der Waals surface area contributed by atoms with Crippen LogP contribution in [0.15, 0.2) is 34.4 Å². The summed E-state index contributed by atoms with van der Waals surface area (Å²) in [6, 6.07) is 8.13. The average Bonchev–Trinajstić information content (AvgIpc) is 3.31. The summed E-state index contributed by atoms with van der Waals surface area (Å²) >= 11 is 4.36. The second kappa shape index (κ2) is 8.94. The number of thiophene rings is 1. The van der Waals surface area contributed by atoms with Crippen molar-refractivity contribution in [2.24, 2.45) is 0 Å². The Labute approximate surface area is 192 Å².